The lowest BCUT2D eigenvalue weighted by Gasteiger charge is -2.04. The first kappa shape index (κ1) is 9.51. The second kappa shape index (κ2) is 4.45. The van der Waals surface area contributed by atoms with Crippen LogP contribution in [-0.2, 0) is 11.2 Å². The highest BCUT2D eigenvalue weighted by Crippen LogP contribution is 2.15. The van der Waals surface area contributed by atoms with Gasteiger partial charge in [0.2, 0.25) is 5.88 Å². The Hall–Kier alpha value is -1.58. The lowest BCUT2D eigenvalue weighted by atomic mass is 10.1. The van der Waals surface area contributed by atoms with Gasteiger partial charge in [-0.05, 0) is 12.5 Å². The highest BCUT2D eigenvalue weighted by atomic mass is 16.5. The van der Waals surface area contributed by atoms with Gasteiger partial charge in [-0.25, -0.2) is 4.98 Å². The standard InChI is InChI=1S/C9H11NO3/c1-13-9-7(3-2-6-10-9)4-5-8(11)12/h2-3,6H,4-5H2,1H3,(H,11,12). The fraction of sp³-hybridized carbons (Fsp3) is 0.333. The number of carboxylic acids is 1. The minimum absolute atomic E-state index is 0.0993. The van der Waals surface area contributed by atoms with E-state index in [1.165, 1.54) is 7.11 Å². The summed E-state index contributed by atoms with van der Waals surface area (Å²) in [6, 6.07) is 3.58. The summed E-state index contributed by atoms with van der Waals surface area (Å²) in [5, 5.41) is 8.48. The Morgan fingerprint density at radius 3 is 3.08 bits per heavy atom. The molecule has 0 aliphatic rings. The maximum Gasteiger partial charge on any atom is 0.303 e. The fourth-order valence-corrected chi connectivity index (χ4v) is 1.04. The van der Waals surface area contributed by atoms with Gasteiger partial charge in [-0.1, -0.05) is 6.07 Å². The van der Waals surface area contributed by atoms with Crippen LogP contribution in [-0.4, -0.2) is 23.2 Å². The van der Waals surface area contributed by atoms with Crippen molar-refractivity contribution in [2.75, 3.05) is 7.11 Å². The number of carbonyl (C=O) groups is 1. The summed E-state index contributed by atoms with van der Waals surface area (Å²) in [5.41, 5.74) is 0.826. The van der Waals surface area contributed by atoms with Gasteiger partial charge in [0.15, 0.2) is 0 Å². The molecule has 1 aromatic heterocycles. The molecule has 0 aliphatic heterocycles. The van der Waals surface area contributed by atoms with Crippen molar-refractivity contribution in [1.82, 2.24) is 4.98 Å². The predicted molar refractivity (Wildman–Crippen MR) is 46.7 cm³/mol. The van der Waals surface area contributed by atoms with Crippen LogP contribution >= 0.6 is 0 Å². The van der Waals surface area contributed by atoms with Crippen LogP contribution in [0, 0.1) is 0 Å². The molecule has 1 aromatic rings. The van der Waals surface area contributed by atoms with Gasteiger partial charge in [-0.2, -0.15) is 0 Å². The number of nitrogens with zero attached hydrogens (tertiary/aromatic N) is 1. The number of aryl methyl sites for hydroxylation is 1. The number of hydrogen-bond acceptors (Lipinski definition) is 3. The van der Waals surface area contributed by atoms with Crippen LogP contribution in [0.15, 0.2) is 18.3 Å². The topological polar surface area (TPSA) is 59.4 Å². The summed E-state index contributed by atoms with van der Waals surface area (Å²) < 4.78 is 4.97. The molecule has 4 heteroatoms. The van der Waals surface area contributed by atoms with Gasteiger partial charge in [0.1, 0.15) is 0 Å². The molecule has 0 atom stereocenters. The minimum Gasteiger partial charge on any atom is -0.481 e. The van der Waals surface area contributed by atoms with Gasteiger partial charge in [0, 0.05) is 18.2 Å². The van der Waals surface area contributed by atoms with Gasteiger partial charge < -0.3 is 9.84 Å². The van der Waals surface area contributed by atoms with Crippen molar-refractivity contribution in [2.45, 2.75) is 12.8 Å². The van der Waals surface area contributed by atoms with E-state index in [1.54, 1.807) is 12.3 Å². The van der Waals surface area contributed by atoms with E-state index >= 15 is 0 Å². The van der Waals surface area contributed by atoms with Crippen molar-refractivity contribution in [3.05, 3.63) is 23.9 Å². The Morgan fingerprint density at radius 1 is 1.69 bits per heavy atom. The van der Waals surface area contributed by atoms with E-state index in [1.807, 2.05) is 6.07 Å². The first-order valence-electron chi connectivity index (χ1n) is 3.93. The average molecular weight is 181 g/mol. The molecule has 0 saturated heterocycles. The van der Waals surface area contributed by atoms with E-state index < -0.39 is 5.97 Å². The van der Waals surface area contributed by atoms with E-state index in [2.05, 4.69) is 4.98 Å². The molecule has 0 bridgehead atoms. The molecule has 0 radical (unpaired) electrons. The van der Waals surface area contributed by atoms with Gasteiger partial charge in [-0.15, -0.1) is 0 Å². The van der Waals surface area contributed by atoms with Crippen LogP contribution < -0.4 is 4.74 Å². The molecule has 0 aliphatic carbocycles. The molecule has 1 rings (SSSR count). The Kier molecular flexibility index (Phi) is 3.25. The van der Waals surface area contributed by atoms with Crippen molar-refractivity contribution in [1.29, 1.82) is 0 Å². The number of methoxy groups -OCH3 is 1. The van der Waals surface area contributed by atoms with E-state index in [-0.39, 0.29) is 6.42 Å². The Morgan fingerprint density at radius 2 is 2.46 bits per heavy atom. The van der Waals surface area contributed by atoms with Crippen molar-refractivity contribution in [3.63, 3.8) is 0 Å². The van der Waals surface area contributed by atoms with Crippen LogP contribution in [0.5, 0.6) is 5.88 Å². The summed E-state index contributed by atoms with van der Waals surface area (Å²) >= 11 is 0. The van der Waals surface area contributed by atoms with Crippen LogP contribution in [0.1, 0.15) is 12.0 Å². The largest absolute Gasteiger partial charge is 0.481 e. The number of ether oxygens (including phenoxy) is 1. The zero-order chi connectivity index (χ0) is 9.68. The van der Waals surface area contributed by atoms with Gasteiger partial charge in [0.05, 0.1) is 7.11 Å². The Balaban J connectivity index is 2.69. The zero-order valence-electron chi connectivity index (χ0n) is 7.36. The summed E-state index contributed by atoms with van der Waals surface area (Å²) in [6.07, 6.45) is 2.16. The Labute approximate surface area is 76.2 Å². The third kappa shape index (κ3) is 2.74. The van der Waals surface area contributed by atoms with Crippen molar-refractivity contribution in [2.24, 2.45) is 0 Å². The summed E-state index contributed by atoms with van der Waals surface area (Å²) in [6.45, 7) is 0. The molecule has 0 spiro atoms. The van der Waals surface area contributed by atoms with Gasteiger partial charge in [0.25, 0.3) is 0 Å². The second-order valence-corrected chi connectivity index (χ2v) is 2.57. The van der Waals surface area contributed by atoms with E-state index in [0.717, 1.165) is 5.56 Å². The van der Waals surface area contributed by atoms with Gasteiger partial charge in [-0.3, -0.25) is 4.79 Å². The molecule has 0 unspecified atom stereocenters. The maximum absolute atomic E-state index is 10.3. The molecule has 13 heavy (non-hydrogen) atoms. The first-order valence-corrected chi connectivity index (χ1v) is 3.93. The molecule has 70 valence electrons. The van der Waals surface area contributed by atoms with Crippen LogP contribution in [0.25, 0.3) is 0 Å². The quantitative estimate of drug-likeness (QED) is 0.755. The fourth-order valence-electron chi connectivity index (χ4n) is 1.04. The molecule has 1 heterocycles. The lowest BCUT2D eigenvalue weighted by Crippen LogP contribution is -2.00. The van der Waals surface area contributed by atoms with E-state index in [9.17, 15) is 4.79 Å². The molecule has 0 fully saturated rings. The highest BCUT2D eigenvalue weighted by Gasteiger charge is 2.04. The number of carboxylic acid groups (broad SMARTS) is 1. The van der Waals surface area contributed by atoms with E-state index in [4.69, 9.17) is 9.84 Å². The molecule has 4 nitrogen and oxygen atoms in total. The third-order valence-electron chi connectivity index (χ3n) is 1.65. The molecule has 1 N–H and O–H groups in total. The second-order valence-electron chi connectivity index (χ2n) is 2.57. The highest BCUT2D eigenvalue weighted by molar-refractivity contribution is 5.67. The van der Waals surface area contributed by atoms with Crippen molar-refractivity contribution < 1.29 is 14.6 Å². The number of aliphatic carboxylic acids is 1. The monoisotopic (exact) mass is 181 g/mol. The SMILES string of the molecule is COc1ncccc1CCC(=O)O. The smallest absolute Gasteiger partial charge is 0.303 e. The summed E-state index contributed by atoms with van der Waals surface area (Å²) in [4.78, 5) is 14.3. The van der Waals surface area contributed by atoms with Crippen LogP contribution in [0.2, 0.25) is 0 Å². The summed E-state index contributed by atoms with van der Waals surface area (Å²) in [7, 11) is 1.52. The molecule has 0 aromatic carbocycles. The summed E-state index contributed by atoms with van der Waals surface area (Å²) in [5.74, 6) is -0.311. The van der Waals surface area contributed by atoms with E-state index in [0.29, 0.717) is 12.3 Å². The number of hydrogen-bond donors (Lipinski definition) is 1. The number of pyridine rings is 1. The van der Waals surface area contributed by atoms with Gasteiger partial charge >= 0.3 is 5.97 Å². The third-order valence-corrected chi connectivity index (χ3v) is 1.65. The average Bonchev–Trinajstić information content (AvgIpc) is 2.15. The van der Waals surface area contributed by atoms with Crippen LogP contribution in [0.3, 0.4) is 0 Å². The number of rotatable bonds is 4. The zero-order valence-corrected chi connectivity index (χ0v) is 7.36. The normalized spacial score (nSPS) is 9.62. The molecular weight excluding hydrogens is 170 g/mol. The Bertz CT molecular complexity index is 299. The first-order chi connectivity index (χ1) is 6.24. The van der Waals surface area contributed by atoms with Crippen molar-refractivity contribution in [3.8, 4) is 5.88 Å². The molecule has 0 saturated carbocycles. The predicted octanol–water partition coefficient (Wildman–Crippen LogP) is 1.11. The van der Waals surface area contributed by atoms with Crippen LogP contribution in [0.4, 0.5) is 0 Å². The van der Waals surface area contributed by atoms with Crippen molar-refractivity contribution >= 4 is 5.97 Å². The molecular formula is C9H11NO3. The lowest BCUT2D eigenvalue weighted by molar-refractivity contribution is -0.136. The number of aromatic nitrogens is 1. The minimum atomic E-state index is -0.814. The maximum atomic E-state index is 10.3. The molecule has 0 amide bonds.